The number of Topliss-reactive ketones (excluding diaryl/α,β-unsaturated/α-hetero) is 1. The summed E-state index contributed by atoms with van der Waals surface area (Å²) in [5, 5.41) is 2.79. The van der Waals surface area contributed by atoms with Crippen molar-refractivity contribution in [2.24, 2.45) is 0 Å². The first-order valence-electron chi connectivity index (χ1n) is 7.93. The Labute approximate surface area is 146 Å². The third kappa shape index (κ3) is 5.39. The molecule has 1 unspecified atom stereocenters. The van der Waals surface area contributed by atoms with Gasteiger partial charge in [-0.1, -0.05) is 0 Å². The molecule has 2 aromatic rings. The molecule has 2 aromatic carbocycles. The number of hydrogen-bond donors (Lipinski definition) is 2. The Morgan fingerprint density at radius 2 is 1.84 bits per heavy atom. The van der Waals surface area contributed by atoms with Crippen LogP contribution in [0.3, 0.4) is 0 Å². The van der Waals surface area contributed by atoms with Crippen LogP contribution in [-0.4, -0.2) is 32.4 Å². The number of quaternary nitrogens is 1. The molecule has 6 heteroatoms. The van der Waals surface area contributed by atoms with Crippen molar-refractivity contribution in [2.45, 2.75) is 13.5 Å². The van der Waals surface area contributed by atoms with E-state index in [1.54, 1.807) is 36.4 Å². The average molecular weight is 345 g/mol. The number of ether oxygens (including phenoxy) is 1. The SMILES string of the molecule is COc1ccc(C[NH+](C)CC(=O)Nc2ccc(C(C)=O)cc2)cc1F. The first-order valence-corrected chi connectivity index (χ1v) is 7.93. The van der Waals surface area contributed by atoms with E-state index in [9.17, 15) is 14.0 Å². The number of rotatable bonds is 7. The van der Waals surface area contributed by atoms with Gasteiger partial charge in [0.05, 0.1) is 14.2 Å². The van der Waals surface area contributed by atoms with Crippen LogP contribution >= 0.6 is 0 Å². The number of hydrogen-bond acceptors (Lipinski definition) is 3. The average Bonchev–Trinajstić information content (AvgIpc) is 2.55. The molecule has 0 radical (unpaired) electrons. The van der Waals surface area contributed by atoms with E-state index in [1.807, 2.05) is 7.05 Å². The molecule has 25 heavy (non-hydrogen) atoms. The van der Waals surface area contributed by atoms with Crippen LogP contribution in [0.4, 0.5) is 10.1 Å². The van der Waals surface area contributed by atoms with Gasteiger partial charge in [0, 0.05) is 16.8 Å². The van der Waals surface area contributed by atoms with Crippen molar-refractivity contribution in [3.05, 3.63) is 59.4 Å². The number of halogens is 1. The number of carbonyl (C=O) groups is 2. The van der Waals surface area contributed by atoms with Gasteiger partial charge in [0.25, 0.3) is 5.91 Å². The fraction of sp³-hybridized carbons (Fsp3) is 0.263. The van der Waals surface area contributed by atoms with Crippen molar-refractivity contribution in [3.8, 4) is 5.75 Å². The maximum atomic E-state index is 13.7. The van der Waals surface area contributed by atoms with Gasteiger partial charge in [-0.3, -0.25) is 9.59 Å². The minimum Gasteiger partial charge on any atom is -0.494 e. The molecule has 5 nitrogen and oxygen atoms in total. The van der Waals surface area contributed by atoms with Gasteiger partial charge in [-0.05, 0) is 49.4 Å². The molecule has 0 heterocycles. The van der Waals surface area contributed by atoms with Crippen molar-refractivity contribution in [1.29, 1.82) is 0 Å². The van der Waals surface area contributed by atoms with Gasteiger partial charge in [-0.25, -0.2) is 4.39 Å². The van der Waals surface area contributed by atoms with Gasteiger partial charge >= 0.3 is 0 Å². The molecule has 0 aliphatic heterocycles. The van der Waals surface area contributed by atoms with Crippen LogP contribution in [0.15, 0.2) is 42.5 Å². The molecule has 0 fully saturated rings. The predicted octanol–water partition coefficient (Wildman–Crippen LogP) is 1.69. The zero-order valence-electron chi connectivity index (χ0n) is 14.6. The highest BCUT2D eigenvalue weighted by atomic mass is 19.1. The van der Waals surface area contributed by atoms with Gasteiger partial charge in [-0.2, -0.15) is 0 Å². The second-order valence-corrected chi connectivity index (χ2v) is 5.96. The number of anilines is 1. The van der Waals surface area contributed by atoms with Gasteiger partial charge in [-0.15, -0.1) is 0 Å². The Hall–Kier alpha value is -2.73. The molecule has 1 atom stereocenters. The smallest absolute Gasteiger partial charge is 0.279 e. The van der Waals surface area contributed by atoms with Gasteiger partial charge in [0.2, 0.25) is 0 Å². The lowest BCUT2D eigenvalue weighted by Crippen LogP contribution is -3.08. The van der Waals surface area contributed by atoms with Crippen molar-refractivity contribution < 1.29 is 23.6 Å². The molecular formula is C19H22FN2O3+. The highest BCUT2D eigenvalue weighted by molar-refractivity contribution is 5.95. The highest BCUT2D eigenvalue weighted by Crippen LogP contribution is 2.17. The fourth-order valence-electron chi connectivity index (χ4n) is 2.50. The summed E-state index contributed by atoms with van der Waals surface area (Å²) in [7, 11) is 3.28. The van der Waals surface area contributed by atoms with E-state index in [1.165, 1.54) is 20.1 Å². The van der Waals surface area contributed by atoms with Crippen molar-refractivity contribution in [3.63, 3.8) is 0 Å². The summed E-state index contributed by atoms with van der Waals surface area (Å²) in [6.45, 7) is 2.24. The number of benzene rings is 2. The lowest BCUT2D eigenvalue weighted by molar-refractivity contribution is -0.885. The highest BCUT2D eigenvalue weighted by Gasteiger charge is 2.12. The molecule has 0 aliphatic carbocycles. The third-order valence-corrected chi connectivity index (χ3v) is 3.76. The molecule has 132 valence electrons. The van der Waals surface area contributed by atoms with Crippen molar-refractivity contribution in [1.82, 2.24) is 0 Å². The van der Waals surface area contributed by atoms with E-state index < -0.39 is 5.82 Å². The number of likely N-dealkylation sites (N-methyl/N-ethyl adjacent to an activating group) is 1. The van der Waals surface area contributed by atoms with E-state index in [0.717, 1.165) is 10.5 Å². The molecular weight excluding hydrogens is 323 g/mol. The van der Waals surface area contributed by atoms with Crippen LogP contribution in [0, 0.1) is 5.82 Å². The molecule has 0 saturated carbocycles. The largest absolute Gasteiger partial charge is 0.494 e. The molecule has 0 spiro atoms. The van der Waals surface area contributed by atoms with Gasteiger partial charge in [0.15, 0.2) is 23.9 Å². The van der Waals surface area contributed by atoms with Crippen LogP contribution in [0.25, 0.3) is 0 Å². The van der Waals surface area contributed by atoms with Crippen molar-refractivity contribution in [2.75, 3.05) is 26.0 Å². The normalized spacial score (nSPS) is 11.7. The molecule has 0 aromatic heterocycles. The van der Waals surface area contributed by atoms with E-state index in [4.69, 9.17) is 4.74 Å². The second-order valence-electron chi connectivity index (χ2n) is 5.96. The molecule has 1 amide bonds. The summed E-state index contributed by atoms with van der Waals surface area (Å²) in [5.74, 6) is -0.383. The summed E-state index contributed by atoms with van der Waals surface area (Å²) in [4.78, 5) is 24.3. The van der Waals surface area contributed by atoms with E-state index in [2.05, 4.69) is 5.32 Å². The lowest BCUT2D eigenvalue weighted by Gasteiger charge is -2.14. The zero-order valence-corrected chi connectivity index (χ0v) is 14.6. The second kappa shape index (κ2) is 8.39. The molecule has 0 saturated heterocycles. The van der Waals surface area contributed by atoms with Crippen LogP contribution in [0.2, 0.25) is 0 Å². The Balaban J connectivity index is 1.89. The Morgan fingerprint density at radius 3 is 2.40 bits per heavy atom. The monoisotopic (exact) mass is 345 g/mol. The van der Waals surface area contributed by atoms with Crippen LogP contribution < -0.4 is 15.0 Å². The van der Waals surface area contributed by atoms with Crippen LogP contribution in [0.5, 0.6) is 5.75 Å². The van der Waals surface area contributed by atoms with Crippen LogP contribution in [0.1, 0.15) is 22.8 Å². The maximum Gasteiger partial charge on any atom is 0.279 e. The number of methoxy groups -OCH3 is 1. The fourth-order valence-corrected chi connectivity index (χ4v) is 2.50. The van der Waals surface area contributed by atoms with Gasteiger partial charge in [0.1, 0.15) is 6.54 Å². The number of ketones is 1. The number of nitrogens with one attached hydrogen (secondary N) is 2. The lowest BCUT2D eigenvalue weighted by atomic mass is 10.1. The quantitative estimate of drug-likeness (QED) is 0.751. The molecule has 0 bridgehead atoms. The standard InChI is InChI=1S/C19H21FN2O3/c1-13(23)15-5-7-16(8-6-15)21-19(24)12-22(2)11-14-4-9-18(25-3)17(20)10-14/h4-10H,11-12H2,1-3H3,(H,21,24)/p+1. The first-order chi connectivity index (χ1) is 11.9. The third-order valence-electron chi connectivity index (χ3n) is 3.76. The minimum atomic E-state index is -0.414. The van der Waals surface area contributed by atoms with E-state index in [0.29, 0.717) is 17.8 Å². The topological polar surface area (TPSA) is 59.8 Å². The molecule has 2 rings (SSSR count). The zero-order chi connectivity index (χ0) is 18.4. The van der Waals surface area contributed by atoms with Crippen LogP contribution in [-0.2, 0) is 11.3 Å². The summed E-state index contributed by atoms with van der Waals surface area (Å²) < 4.78 is 18.6. The molecule has 0 aliphatic rings. The summed E-state index contributed by atoms with van der Waals surface area (Å²) in [6.07, 6.45) is 0. The van der Waals surface area contributed by atoms with Crippen molar-refractivity contribution >= 4 is 17.4 Å². The number of amides is 1. The Kier molecular flexibility index (Phi) is 6.25. The summed E-state index contributed by atoms with van der Waals surface area (Å²) in [6, 6.07) is 11.5. The minimum absolute atomic E-state index is 0.0196. The Morgan fingerprint density at radius 1 is 1.16 bits per heavy atom. The molecule has 2 N–H and O–H groups in total. The predicted molar refractivity (Wildman–Crippen MR) is 93.5 cm³/mol. The summed E-state index contributed by atoms with van der Waals surface area (Å²) >= 11 is 0. The maximum absolute atomic E-state index is 13.7. The first kappa shape index (κ1) is 18.6. The van der Waals surface area contributed by atoms with E-state index in [-0.39, 0.29) is 24.0 Å². The number of carbonyl (C=O) groups excluding carboxylic acids is 2. The van der Waals surface area contributed by atoms with E-state index >= 15 is 0 Å². The summed E-state index contributed by atoms with van der Waals surface area (Å²) in [5.41, 5.74) is 2.02. The Bertz CT molecular complexity index is 760. The van der Waals surface area contributed by atoms with Gasteiger partial charge < -0.3 is 15.0 Å².